The number of aliphatic hydroxyl groups excluding tert-OH is 1. The third-order valence-corrected chi connectivity index (χ3v) is 9.12. The van der Waals surface area contributed by atoms with Crippen molar-refractivity contribution in [1.29, 1.82) is 0 Å². The van der Waals surface area contributed by atoms with Gasteiger partial charge in [0.05, 0.1) is 35.4 Å². The molecule has 184 valence electrons. The summed E-state index contributed by atoms with van der Waals surface area (Å²) < 4.78 is 31.6. The highest BCUT2D eigenvalue weighted by atomic mass is 32.2. The lowest BCUT2D eigenvalue weighted by molar-refractivity contribution is 0.301. The Morgan fingerprint density at radius 3 is 2.80 bits per heavy atom. The largest absolute Gasteiger partial charge is 0.395 e. The summed E-state index contributed by atoms with van der Waals surface area (Å²) in [6.45, 7) is 1.45. The lowest BCUT2D eigenvalue weighted by Crippen LogP contribution is -2.26. The van der Waals surface area contributed by atoms with Crippen molar-refractivity contribution in [2.45, 2.75) is 36.8 Å². The number of rotatable bonds is 8. The van der Waals surface area contributed by atoms with Gasteiger partial charge in [0.25, 0.3) is 0 Å². The number of sulfonamides is 1. The maximum absolute atomic E-state index is 12.6. The molecule has 12 heteroatoms. The van der Waals surface area contributed by atoms with Crippen molar-refractivity contribution in [3.8, 4) is 11.3 Å². The maximum Gasteiger partial charge on any atom is 0.250 e. The van der Waals surface area contributed by atoms with Crippen LogP contribution in [0.2, 0.25) is 0 Å². The minimum atomic E-state index is -3.71. The molecule has 4 aromatic heterocycles. The fourth-order valence-electron chi connectivity index (χ4n) is 4.22. The molecule has 0 bridgehead atoms. The Bertz CT molecular complexity index is 1520. The summed E-state index contributed by atoms with van der Waals surface area (Å²) in [6, 6.07) is 1.79. The van der Waals surface area contributed by atoms with Gasteiger partial charge in [0, 0.05) is 31.5 Å². The Labute approximate surface area is 207 Å². The quantitative estimate of drug-likeness (QED) is 0.329. The van der Waals surface area contributed by atoms with Gasteiger partial charge in [-0.15, -0.1) is 11.3 Å². The first-order valence-electron chi connectivity index (χ1n) is 11.4. The summed E-state index contributed by atoms with van der Waals surface area (Å²) in [5.74, 6) is 0.553. The summed E-state index contributed by atoms with van der Waals surface area (Å²) in [5.41, 5.74) is 5.16. The van der Waals surface area contributed by atoms with E-state index in [2.05, 4.69) is 26.2 Å². The fourth-order valence-corrected chi connectivity index (χ4v) is 6.88. The van der Waals surface area contributed by atoms with Crippen LogP contribution in [-0.4, -0.2) is 50.8 Å². The monoisotopic (exact) mass is 513 g/mol. The molecule has 0 fully saturated rings. The number of aromatic nitrogens is 5. The normalized spacial score (nSPS) is 14.4. The number of fused-ring (bicyclic) bond motifs is 1. The Kier molecular flexibility index (Phi) is 6.45. The van der Waals surface area contributed by atoms with Crippen molar-refractivity contribution in [3.63, 3.8) is 0 Å². The lowest BCUT2D eigenvalue weighted by Gasteiger charge is -2.15. The van der Waals surface area contributed by atoms with E-state index in [0.717, 1.165) is 47.6 Å². The van der Waals surface area contributed by atoms with Gasteiger partial charge in [-0.25, -0.2) is 23.1 Å². The van der Waals surface area contributed by atoms with Gasteiger partial charge >= 0.3 is 0 Å². The van der Waals surface area contributed by atoms with Crippen molar-refractivity contribution < 1.29 is 13.5 Å². The smallest absolute Gasteiger partial charge is 0.250 e. The van der Waals surface area contributed by atoms with Gasteiger partial charge < -0.3 is 10.4 Å². The zero-order chi connectivity index (χ0) is 24.6. The van der Waals surface area contributed by atoms with E-state index in [-0.39, 0.29) is 17.4 Å². The van der Waals surface area contributed by atoms with E-state index in [0.29, 0.717) is 22.0 Å². The highest BCUT2D eigenvalue weighted by Gasteiger charge is 2.22. The van der Waals surface area contributed by atoms with Crippen LogP contribution in [0.15, 0.2) is 41.1 Å². The number of nitrogens with zero attached hydrogens (tertiary/aromatic N) is 5. The Morgan fingerprint density at radius 1 is 1.23 bits per heavy atom. The van der Waals surface area contributed by atoms with Gasteiger partial charge in [-0.3, -0.25) is 9.08 Å². The molecule has 0 saturated carbocycles. The molecule has 0 aliphatic heterocycles. The Hall–Kier alpha value is -3.06. The molecule has 4 aromatic rings. The van der Waals surface area contributed by atoms with Crippen LogP contribution in [0, 0.1) is 6.92 Å². The number of thiophene rings is 1. The van der Waals surface area contributed by atoms with Crippen LogP contribution in [0.1, 0.15) is 36.9 Å². The van der Waals surface area contributed by atoms with Gasteiger partial charge in [0.1, 0.15) is 4.21 Å². The molecule has 0 aromatic carbocycles. The fraction of sp³-hybridized carbons (Fsp3) is 0.348. The van der Waals surface area contributed by atoms with E-state index in [1.165, 1.54) is 12.0 Å². The number of aryl methyl sites for hydroxylation is 2. The van der Waals surface area contributed by atoms with E-state index in [1.807, 2.05) is 23.8 Å². The van der Waals surface area contributed by atoms with Crippen molar-refractivity contribution in [1.82, 2.24) is 28.9 Å². The van der Waals surface area contributed by atoms with Crippen molar-refractivity contribution in [2.24, 2.45) is 7.05 Å². The summed E-state index contributed by atoms with van der Waals surface area (Å²) in [7, 11) is -1.84. The van der Waals surface area contributed by atoms with Gasteiger partial charge in [-0.2, -0.15) is 5.10 Å². The lowest BCUT2D eigenvalue weighted by atomic mass is 9.97. The first kappa shape index (κ1) is 23.7. The third kappa shape index (κ3) is 4.74. The number of anilines is 2. The molecule has 0 unspecified atom stereocenters. The van der Waals surface area contributed by atoms with Gasteiger partial charge in [-0.1, -0.05) is 6.08 Å². The van der Waals surface area contributed by atoms with Gasteiger partial charge in [0.15, 0.2) is 11.5 Å². The average molecular weight is 514 g/mol. The molecule has 0 atom stereocenters. The van der Waals surface area contributed by atoms with Gasteiger partial charge in [0.2, 0.25) is 10.0 Å². The minimum absolute atomic E-state index is 0.0348. The zero-order valence-electron chi connectivity index (χ0n) is 19.5. The SMILES string of the molecule is Cc1cc(Nc2nc(C3=CCCCC3)cn3c(-c4cnn(C)c4)cnc23)sc1S(=O)(=O)NCCO. The number of aliphatic hydroxyl groups is 1. The molecule has 0 saturated heterocycles. The zero-order valence-corrected chi connectivity index (χ0v) is 21.2. The molecule has 10 nitrogen and oxygen atoms in total. The summed E-state index contributed by atoms with van der Waals surface area (Å²) in [6.07, 6.45) is 14.1. The summed E-state index contributed by atoms with van der Waals surface area (Å²) in [5, 5.41) is 17.3. The second-order valence-corrected chi connectivity index (χ2v) is 11.5. The van der Waals surface area contributed by atoms with Crippen LogP contribution in [0.25, 0.3) is 22.5 Å². The molecule has 1 aliphatic rings. The molecule has 5 rings (SSSR count). The second-order valence-electron chi connectivity index (χ2n) is 8.52. The van der Waals surface area contributed by atoms with Crippen LogP contribution in [0.3, 0.4) is 0 Å². The molecule has 3 N–H and O–H groups in total. The predicted molar refractivity (Wildman–Crippen MR) is 136 cm³/mol. The number of imidazole rings is 1. The van der Waals surface area contributed by atoms with E-state index >= 15 is 0 Å². The number of nitrogens with one attached hydrogen (secondary N) is 2. The predicted octanol–water partition coefficient (Wildman–Crippen LogP) is 3.47. The van der Waals surface area contributed by atoms with E-state index in [4.69, 9.17) is 10.1 Å². The molecule has 35 heavy (non-hydrogen) atoms. The number of allylic oxidation sites excluding steroid dienone is 2. The topological polar surface area (TPSA) is 126 Å². The first-order chi connectivity index (χ1) is 16.9. The summed E-state index contributed by atoms with van der Waals surface area (Å²) >= 11 is 1.12. The highest BCUT2D eigenvalue weighted by molar-refractivity contribution is 7.91. The Morgan fingerprint density at radius 2 is 2.09 bits per heavy atom. The molecular formula is C23H27N7O3S2. The molecular weight excluding hydrogens is 486 g/mol. The molecule has 0 radical (unpaired) electrons. The van der Waals surface area contributed by atoms with E-state index < -0.39 is 10.0 Å². The number of hydrogen-bond donors (Lipinski definition) is 3. The second kappa shape index (κ2) is 9.53. The first-order valence-corrected chi connectivity index (χ1v) is 13.7. The third-order valence-electron chi connectivity index (χ3n) is 5.87. The van der Waals surface area contributed by atoms with Crippen LogP contribution in [0.5, 0.6) is 0 Å². The van der Waals surface area contributed by atoms with Crippen LogP contribution in [-0.2, 0) is 17.1 Å². The molecule has 4 heterocycles. The average Bonchev–Trinajstić information content (AvgIpc) is 3.56. The molecule has 1 aliphatic carbocycles. The Balaban J connectivity index is 1.59. The van der Waals surface area contributed by atoms with Crippen molar-refractivity contribution in [3.05, 3.63) is 48.2 Å². The van der Waals surface area contributed by atoms with E-state index in [9.17, 15) is 8.42 Å². The van der Waals surface area contributed by atoms with Crippen LogP contribution in [0.4, 0.5) is 10.8 Å². The van der Waals surface area contributed by atoms with Crippen molar-refractivity contribution >= 4 is 43.4 Å². The standard InChI is InChI=1S/C23H27N7O3S2/c1-15-10-20(34-23(15)35(32,33)26-8-9-31)28-21-22-24-12-19(17-11-25-29(2)13-17)30(22)14-18(27-21)16-6-4-3-5-7-16/h6,10-14,26,31H,3-5,7-9H2,1-2H3,(H,27,28). The van der Waals surface area contributed by atoms with Crippen molar-refractivity contribution in [2.75, 3.05) is 18.5 Å². The van der Waals surface area contributed by atoms with E-state index in [1.54, 1.807) is 30.1 Å². The van der Waals surface area contributed by atoms with Gasteiger partial charge in [-0.05, 0) is 49.8 Å². The molecule has 0 amide bonds. The molecule has 0 spiro atoms. The highest BCUT2D eigenvalue weighted by Crippen LogP contribution is 2.35. The number of hydrogen-bond acceptors (Lipinski definition) is 8. The minimum Gasteiger partial charge on any atom is -0.395 e. The maximum atomic E-state index is 12.6. The van der Waals surface area contributed by atoms with Crippen LogP contribution >= 0.6 is 11.3 Å². The van der Waals surface area contributed by atoms with Crippen LogP contribution < -0.4 is 10.0 Å². The summed E-state index contributed by atoms with van der Waals surface area (Å²) in [4.78, 5) is 9.54.